The lowest BCUT2D eigenvalue weighted by molar-refractivity contribution is -0.0963. The molecule has 0 saturated heterocycles. The van der Waals surface area contributed by atoms with Crippen molar-refractivity contribution in [1.29, 1.82) is 0 Å². The molecular formula is C24H42OS. The number of rotatable bonds is 4. The van der Waals surface area contributed by atoms with Crippen LogP contribution >= 0.6 is 0 Å². The first-order chi connectivity index (χ1) is 12.4. The summed E-state index contributed by atoms with van der Waals surface area (Å²) in [6.07, 6.45) is 14.5. The molecule has 2 heteroatoms. The van der Waals surface area contributed by atoms with Crippen molar-refractivity contribution < 1.29 is 5.64 Å². The van der Waals surface area contributed by atoms with Crippen molar-refractivity contribution >= 4 is 10.8 Å². The van der Waals surface area contributed by atoms with Crippen LogP contribution in [0.3, 0.4) is 0 Å². The summed E-state index contributed by atoms with van der Waals surface area (Å²) in [4.78, 5) is 0. The van der Waals surface area contributed by atoms with Gasteiger partial charge < -0.3 is 0 Å². The highest BCUT2D eigenvalue weighted by Gasteiger charge is 2.58. The van der Waals surface area contributed by atoms with Gasteiger partial charge in [0, 0.05) is 23.2 Å². The van der Waals surface area contributed by atoms with Gasteiger partial charge in [-0.15, -0.1) is 0 Å². The van der Waals surface area contributed by atoms with Crippen LogP contribution in [-0.2, 0) is 10.8 Å². The Morgan fingerprint density at radius 1 is 1.12 bits per heavy atom. The minimum atomic E-state index is -0.577. The van der Waals surface area contributed by atoms with Crippen LogP contribution in [0.2, 0.25) is 0 Å². The van der Waals surface area contributed by atoms with E-state index in [1.54, 1.807) is 5.57 Å². The van der Waals surface area contributed by atoms with Crippen molar-refractivity contribution in [3.63, 3.8) is 0 Å². The van der Waals surface area contributed by atoms with Crippen LogP contribution in [0.15, 0.2) is 12.2 Å². The van der Waals surface area contributed by atoms with E-state index >= 15 is 0 Å². The largest absolute Gasteiger partial charge is 0.259 e. The van der Waals surface area contributed by atoms with Crippen molar-refractivity contribution in [3.05, 3.63) is 12.2 Å². The zero-order valence-electron chi connectivity index (χ0n) is 17.4. The molecule has 150 valence electrons. The number of hydrogen-bond donors (Lipinski definition) is 0. The Bertz CT molecular complexity index is 589. The molecule has 26 heavy (non-hydrogen) atoms. The standard InChI is InChI=1S/C24H40OS.H2/c1-5-6-15-26(25)19-11-13-24(4)18(16-19)8-9-20-21-10-7-17(2)23(21,3)14-12-22(20)24;/h18-22H,2,5-16H2,1,3-4H3;1H/t18?,19-,20?,21?,22?,23-,24+,26?;/m1./s1. The first-order valence-corrected chi connectivity index (χ1v) is 12.8. The third-order valence-corrected chi connectivity index (χ3v) is 11.5. The Morgan fingerprint density at radius 2 is 1.92 bits per heavy atom. The van der Waals surface area contributed by atoms with Gasteiger partial charge in [-0.05, 0) is 98.7 Å². The first kappa shape index (κ1) is 19.2. The van der Waals surface area contributed by atoms with Gasteiger partial charge in [0.05, 0.1) is 0 Å². The molecule has 4 rings (SSSR count). The Morgan fingerprint density at radius 3 is 2.69 bits per heavy atom. The lowest BCUT2D eigenvalue weighted by Gasteiger charge is -2.60. The number of unbranched alkanes of at least 4 members (excludes halogenated alkanes) is 1. The van der Waals surface area contributed by atoms with Gasteiger partial charge in [0.1, 0.15) is 0 Å². The van der Waals surface area contributed by atoms with Crippen molar-refractivity contribution in [1.82, 2.24) is 0 Å². The molecule has 0 amide bonds. The summed E-state index contributed by atoms with van der Waals surface area (Å²) >= 11 is 0. The van der Waals surface area contributed by atoms with Gasteiger partial charge in [-0.25, -0.2) is 0 Å². The molecule has 0 aliphatic heterocycles. The molecule has 0 heterocycles. The molecule has 0 radical (unpaired) electrons. The summed E-state index contributed by atoms with van der Waals surface area (Å²) in [6, 6.07) is 0. The van der Waals surface area contributed by atoms with E-state index in [1.807, 2.05) is 0 Å². The fraction of sp³-hybridized carbons (Fsp3) is 0.917. The summed E-state index contributed by atoms with van der Waals surface area (Å²) in [5.41, 5.74) is 2.53. The Labute approximate surface area is 165 Å². The zero-order valence-corrected chi connectivity index (χ0v) is 18.2. The van der Waals surface area contributed by atoms with E-state index in [4.69, 9.17) is 0 Å². The minimum Gasteiger partial charge on any atom is -0.259 e. The maximum atomic E-state index is 12.7. The van der Waals surface area contributed by atoms with Gasteiger partial charge in [-0.2, -0.15) is 0 Å². The van der Waals surface area contributed by atoms with Crippen LogP contribution in [0.5, 0.6) is 0 Å². The van der Waals surface area contributed by atoms with Crippen molar-refractivity contribution in [2.45, 2.75) is 96.7 Å². The van der Waals surface area contributed by atoms with Crippen LogP contribution in [0.4, 0.5) is 0 Å². The lowest BCUT2D eigenvalue weighted by Crippen LogP contribution is -2.53. The van der Waals surface area contributed by atoms with Gasteiger partial charge in [-0.3, -0.25) is 4.21 Å². The van der Waals surface area contributed by atoms with E-state index in [9.17, 15) is 4.21 Å². The Balaban J connectivity index is 0.00000210. The molecule has 0 aromatic heterocycles. The first-order valence-electron chi connectivity index (χ1n) is 11.5. The topological polar surface area (TPSA) is 17.1 Å². The summed E-state index contributed by atoms with van der Waals surface area (Å²) in [5, 5.41) is 0.497. The molecule has 1 nitrogen and oxygen atoms in total. The molecule has 4 aliphatic rings. The van der Waals surface area contributed by atoms with E-state index in [1.165, 1.54) is 64.2 Å². The second-order valence-electron chi connectivity index (χ2n) is 10.6. The molecule has 8 atom stereocenters. The monoisotopic (exact) mass is 378 g/mol. The molecule has 0 N–H and O–H groups in total. The maximum Gasteiger partial charge on any atom is 0.0351 e. The fourth-order valence-electron chi connectivity index (χ4n) is 7.82. The van der Waals surface area contributed by atoms with E-state index in [2.05, 4.69) is 27.4 Å². The van der Waals surface area contributed by atoms with Crippen LogP contribution in [0.25, 0.3) is 0 Å². The number of hydrogen-bond acceptors (Lipinski definition) is 1. The molecule has 0 bridgehead atoms. The molecule has 4 saturated carbocycles. The predicted octanol–water partition coefficient (Wildman–Crippen LogP) is 6.75. The predicted molar refractivity (Wildman–Crippen MR) is 115 cm³/mol. The molecular weight excluding hydrogens is 336 g/mol. The molecule has 0 aromatic carbocycles. The smallest absolute Gasteiger partial charge is 0.0351 e. The summed E-state index contributed by atoms with van der Waals surface area (Å²) in [7, 11) is -0.577. The highest BCUT2D eigenvalue weighted by molar-refractivity contribution is 7.85. The summed E-state index contributed by atoms with van der Waals surface area (Å²) in [6.45, 7) is 11.8. The van der Waals surface area contributed by atoms with Gasteiger partial charge in [0.15, 0.2) is 0 Å². The fourth-order valence-corrected chi connectivity index (χ4v) is 9.55. The van der Waals surface area contributed by atoms with Crippen LogP contribution in [-0.4, -0.2) is 15.2 Å². The maximum absolute atomic E-state index is 12.7. The second-order valence-corrected chi connectivity index (χ2v) is 12.4. The Hall–Kier alpha value is -0.110. The summed E-state index contributed by atoms with van der Waals surface area (Å²) < 4.78 is 12.7. The average molecular weight is 379 g/mol. The highest BCUT2D eigenvalue weighted by Crippen LogP contribution is 2.67. The van der Waals surface area contributed by atoms with E-state index in [-0.39, 0.29) is 1.43 Å². The van der Waals surface area contributed by atoms with Crippen molar-refractivity contribution in [2.75, 3.05) is 5.75 Å². The molecule has 4 aliphatic carbocycles. The van der Waals surface area contributed by atoms with Crippen molar-refractivity contribution in [2.24, 2.45) is 34.5 Å². The van der Waals surface area contributed by atoms with Gasteiger partial charge in [0.25, 0.3) is 0 Å². The molecule has 5 unspecified atom stereocenters. The van der Waals surface area contributed by atoms with Gasteiger partial charge in [0.2, 0.25) is 0 Å². The van der Waals surface area contributed by atoms with Crippen LogP contribution in [0, 0.1) is 34.5 Å². The molecule has 4 fully saturated rings. The summed E-state index contributed by atoms with van der Waals surface area (Å²) in [5.74, 6) is 4.55. The van der Waals surface area contributed by atoms with Crippen molar-refractivity contribution in [3.8, 4) is 0 Å². The van der Waals surface area contributed by atoms with Gasteiger partial charge in [-0.1, -0.05) is 39.3 Å². The quantitative estimate of drug-likeness (QED) is 0.494. The van der Waals surface area contributed by atoms with E-state index in [0.29, 0.717) is 16.1 Å². The average Bonchev–Trinajstić information content (AvgIpc) is 2.94. The lowest BCUT2D eigenvalue weighted by atomic mass is 9.45. The highest BCUT2D eigenvalue weighted by atomic mass is 32.2. The normalized spacial score (nSPS) is 49.2. The number of fused-ring (bicyclic) bond motifs is 5. The van der Waals surface area contributed by atoms with E-state index in [0.717, 1.165) is 35.8 Å². The second kappa shape index (κ2) is 7.05. The van der Waals surface area contributed by atoms with Crippen LogP contribution < -0.4 is 0 Å². The third kappa shape index (κ3) is 2.88. The zero-order chi connectivity index (χ0) is 18.5. The van der Waals surface area contributed by atoms with Gasteiger partial charge >= 0.3 is 0 Å². The molecule has 0 spiro atoms. The third-order valence-electron chi connectivity index (χ3n) is 9.64. The number of allylic oxidation sites excluding steroid dienone is 1. The minimum absolute atomic E-state index is 0. The van der Waals surface area contributed by atoms with Crippen LogP contribution in [0.1, 0.15) is 92.8 Å². The molecule has 0 aromatic rings. The van der Waals surface area contributed by atoms with E-state index < -0.39 is 10.8 Å². The SMILES string of the molecule is C=C1CCC2C3CCC4C[C@H](S(=O)CCCC)CC[C@]4(C)C3CC[C@]12C.[HH]. The Kier molecular flexibility index (Phi) is 5.21.